The van der Waals surface area contributed by atoms with E-state index in [9.17, 15) is 9.00 Å². The average Bonchev–Trinajstić information content (AvgIpc) is 3.11. The van der Waals surface area contributed by atoms with Crippen LogP contribution in [0.1, 0.15) is 27.9 Å². The fourth-order valence-corrected chi connectivity index (χ4v) is 4.18. The maximum Gasteiger partial charge on any atom is 0.254 e. The molecule has 2 aromatic heterocycles. The Morgan fingerprint density at radius 2 is 2.19 bits per heavy atom. The minimum Gasteiger partial charge on any atom is -0.346 e. The number of hydrogen-bond acceptors (Lipinski definition) is 3. The number of rotatable bonds is 4. The van der Waals surface area contributed by atoms with Gasteiger partial charge in [0, 0.05) is 64.8 Å². The molecule has 0 radical (unpaired) electrons. The van der Waals surface area contributed by atoms with E-state index in [-0.39, 0.29) is 5.91 Å². The molecule has 3 heterocycles. The number of amides is 1. The van der Waals surface area contributed by atoms with Crippen molar-refractivity contribution in [3.8, 4) is 0 Å². The van der Waals surface area contributed by atoms with Crippen LogP contribution in [0.4, 0.5) is 0 Å². The minimum absolute atomic E-state index is 0.0228. The van der Waals surface area contributed by atoms with Crippen LogP contribution in [-0.2, 0) is 16.6 Å². The van der Waals surface area contributed by atoms with Gasteiger partial charge in [-0.05, 0) is 41.8 Å². The second-order valence-corrected chi connectivity index (χ2v) is 8.19. The van der Waals surface area contributed by atoms with E-state index in [0.29, 0.717) is 24.4 Å². The molecule has 0 saturated carbocycles. The van der Waals surface area contributed by atoms with E-state index in [1.165, 1.54) is 5.57 Å². The van der Waals surface area contributed by atoms with Crippen LogP contribution in [0.5, 0.6) is 0 Å². The Kier molecular flexibility index (Phi) is 4.90. The quantitative estimate of drug-likeness (QED) is 0.756. The van der Waals surface area contributed by atoms with Crippen molar-refractivity contribution in [2.45, 2.75) is 12.2 Å². The standard InChI is InChI=1S/C21H21N3O2S/c1-27(26)14-15-4-2-5-17(12-15)21(25)24-10-7-16(8-11-24)19-13-23-20-18(19)6-3-9-22-20/h2-7,9,12-13H,8,10-11,14H2,1H3,(H,22,23). The molecule has 1 aliphatic rings. The van der Waals surface area contributed by atoms with E-state index in [0.717, 1.165) is 28.6 Å². The topological polar surface area (TPSA) is 66.1 Å². The first-order valence-corrected chi connectivity index (χ1v) is 10.6. The lowest BCUT2D eigenvalue weighted by Gasteiger charge is -2.26. The second kappa shape index (κ2) is 7.48. The Hall–Kier alpha value is -2.73. The Morgan fingerprint density at radius 3 is 2.96 bits per heavy atom. The summed E-state index contributed by atoms with van der Waals surface area (Å²) in [6, 6.07) is 11.5. The summed E-state index contributed by atoms with van der Waals surface area (Å²) in [5.74, 6) is 0.495. The lowest BCUT2D eigenvalue weighted by Crippen LogP contribution is -2.34. The van der Waals surface area contributed by atoms with E-state index in [1.54, 1.807) is 12.5 Å². The molecule has 0 spiro atoms. The van der Waals surface area contributed by atoms with E-state index in [1.807, 2.05) is 41.4 Å². The highest BCUT2D eigenvalue weighted by Gasteiger charge is 2.21. The minimum atomic E-state index is -0.919. The number of carbonyl (C=O) groups is 1. The summed E-state index contributed by atoms with van der Waals surface area (Å²) in [7, 11) is -0.919. The van der Waals surface area contributed by atoms with Gasteiger partial charge >= 0.3 is 0 Å². The number of benzene rings is 1. The summed E-state index contributed by atoms with van der Waals surface area (Å²) in [4.78, 5) is 22.3. The van der Waals surface area contributed by atoms with Crippen molar-refractivity contribution in [3.63, 3.8) is 0 Å². The highest BCUT2D eigenvalue weighted by atomic mass is 32.2. The molecule has 138 valence electrons. The molecule has 1 amide bonds. The second-order valence-electron chi connectivity index (χ2n) is 6.75. The maximum absolute atomic E-state index is 12.8. The molecular formula is C21H21N3O2S. The van der Waals surface area contributed by atoms with Gasteiger partial charge < -0.3 is 9.88 Å². The molecule has 6 heteroatoms. The summed E-state index contributed by atoms with van der Waals surface area (Å²) < 4.78 is 11.4. The Balaban J connectivity index is 1.51. The summed E-state index contributed by atoms with van der Waals surface area (Å²) in [6.45, 7) is 1.27. The molecule has 0 saturated heterocycles. The van der Waals surface area contributed by atoms with Crippen molar-refractivity contribution < 1.29 is 9.00 Å². The highest BCUT2D eigenvalue weighted by molar-refractivity contribution is 7.83. The van der Waals surface area contributed by atoms with Crippen LogP contribution in [0.25, 0.3) is 16.6 Å². The number of aromatic amines is 1. The Labute approximate surface area is 160 Å². The normalized spacial score (nSPS) is 15.6. The van der Waals surface area contributed by atoms with E-state index in [2.05, 4.69) is 22.1 Å². The highest BCUT2D eigenvalue weighted by Crippen LogP contribution is 2.28. The van der Waals surface area contributed by atoms with Gasteiger partial charge in [0.2, 0.25) is 0 Å². The van der Waals surface area contributed by atoms with E-state index in [4.69, 9.17) is 0 Å². The van der Waals surface area contributed by atoms with Gasteiger partial charge in [-0.3, -0.25) is 9.00 Å². The lowest BCUT2D eigenvalue weighted by atomic mass is 9.99. The van der Waals surface area contributed by atoms with Crippen LogP contribution in [-0.4, -0.2) is 44.3 Å². The van der Waals surface area contributed by atoms with Crippen LogP contribution in [0, 0.1) is 0 Å². The molecule has 3 aromatic rings. The summed E-state index contributed by atoms with van der Waals surface area (Å²) in [6.07, 6.45) is 8.38. The molecule has 0 fully saturated rings. The predicted molar refractivity (Wildman–Crippen MR) is 109 cm³/mol. The first kappa shape index (κ1) is 17.7. The van der Waals surface area contributed by atoms with Crippen molar-refractivity contribution in [2.24, 2.45) is 0 Å². The van der Waals surface area contributed by atoms with Gasteiger partial charge in [-0.15, -0.1) is 0 Å². The zero-order chi connectivity index (χ0) is 18.8. The first-order valence-electron chi connectivity index (χ1n) is 8.91. The molecule has 5 nitrogen and oxygen atoms in total. The van der Waals surface area contributed by atoms with Crippen LogP contribution in [0.15, 0.2) is 54.9 Å². The van der Waals surface area contributed by atoms with Gasteiger partial charge in [0.1, 0.15) is 5.65 Å². The largest absolute Gasteiger partial charge is 0.346 e. The number of nitrogens with zero attached hydrogens (tertiary/aromatic N) is 2. The van der Waals surface area contributed by atoms with Gasteiger partial charge in [0.15, 0.2) is 0 Å². The van der Waals surface area contributed by atoms with Crippen molar-refractivity contribution in [1.82, 2.24) is 14.9 Å². The van der Waals surface area contributed by atoms with E-state index >= 15 is 0 Å². The van der Waals surface area contributed by atoms with Gasteiger partial charge in [-0.25, -0.2) is 4.98 Å². The molecule has 1 aliphatic heterocycles. The number of H-pyrrole nitrogens is 1. The van der Waals surface area contributed by atoms with Gasteiger partial charge in [0.25, 0.3) is 5.91 Å². The fraction of sp³-hybridized carbons (Fsp3) is 0.238. The van der Waals surface area contributed by atoms with Crippen LogP contribution in [0.2, 0.25) is 0 Å². The summed E-state index contributed by atoms with van der Waals surface area (Å²) >= 11 is 0. The number of nitrogens with one attached hydrogen (secondary N) is 1. The fourth-order valence-electron chi connectivity index (χ4n) is 3.53. The summed E-state index contributed by atoms with van der Waals surface area (Å²) in [5.41, 5.74) is 4.88. The number of hydrogen-bond donors (Lipinski definition) is 1. The predicted octanol–water partition coefficient (Wildman–Crippen LogP) is 3.37. The third-order valence-corrected chi connectivity index (χ3v) is 5.58. The smallest absolute Gasteiger partial charge is 0.254 e. The molecular weight excluding hydrogens is 358 g/mol. The van der Waals surface area contributed by atoms with Gasteiger partial charge in [0.05, 0.1) is 0 Å². The van der Waals surface area contributed by atoms with Gasteiger partial charge in [-0.1, -0.05) is 18.2 Å². The number of pyridine rings is 1. The molecule has 0 aliphatic carbocycles. The zero-order valence-electron chi connectivity index (χ0n) is 15.1. The summed E-state index contributed by atoms with van der Waals surface area (Å²) in [5, 5.41) is 1.11. The number of aromatic nitrogens is 2. The Bertz CT molecular complexity index is 1050. The van der Waals surface area contributed by atoms with Crippen molar-refractivity contribution in [1.29, 1.82) is 0 Å². The van der Waals surface area contributed by atoms with Gasteiger partial charge in [-0.2, -0.15) is 0 Å². The molecule has 1 aromatic carbocycles. The third-order valence-electron chi connectivity index (χ3n) is 4.84. The SMILES string of the molecule is CS(=O)Cc1cccc(C(=O)N2CC=C(c3c[nH]c4ncccc34)CC2)c1. The van der Waals surface area contributed by atoms with Crippen LogP contribution >= 0.6 is 0 Å². The monoisotopic (exact) mass is 379 g/mol. The van der Waals surface area contributed by atoms with E-state index < -0.39 is 10.8 Å². The lowest BCUT2D eigenvalue weighted by molar-refractivity contribution is 0.0773. The first-order chi connectivity index (χ1) is 13.1. The zero-order valence-corrected chi connectivity index (χ0v) is 16.0. The molecule has 1 N–H and O–H groups in total. The number of fused-ring (bicyclic) bond motifs is 1. The molecule has 1 atom stereocenters. The molecule has 4 rings (SSSR count). The van der Waals surface area contributed by atoms with Crippen LogP contribution < -0.4 is 0 Å². The maximum atomic E-state index is 12.8. The molecule has 1 unspecified atom stereocenters. The average molecular weight is 379 g/mol. The van der Waals surface area contributed by atoms with Crippen molar-refractivity contribution in [2.75, 3.05) is 19.3 Å². The Morgan fingerprint density at radius 1 is 1.30 bits per heavy atom. The van der Waals surface area contributed by atoms with Crippen LogP contribution in [0.3, 0.4) is 0 Å². The molecule has 27 heavy (non-hydrogen) atoms. The van der Waals surface area contributed by atoms with Crippen molar-refractivity contribution in [3.05, 3.63) is 71.6 Å². The molecule has 0 bridgehead atoms. The third kappa shape index (κ3) is 3.71. The van der Waals surface area contributed by atoms with Crippen molar-refractivity contribution >= 4 is 33.3 Å². The number of carbonyl (C=O) groups excluding carboxylic acids is 1.